The van der Waals surface area contributed by atoms with Gasteiger partial charge in [0.2, 0.25) is 0 Å². The molecule has 0 saturated heterocycles. The molecular weight excluding hydrogens is 287 g/mol. The Morgan fingerprint density at radius 2 is 2.00 bits per heavy atom. The van der Waals surface area contributed by atoms with Gasteiger partial charge < -0.3 is 10.9 Å². The number of nitrogens with two attached hydrogens (primary N) is 1. The van der Waals surface area contributed by atoms with Gasteiger partial charge >= 0.3 is 0 Å². The van der Waals surface area contributed by atoms with Crippen LogP contribution < -0.4 is 5.73 Å². The molecule has 0 aliphatic carbocycles. The van der Waals surface area contributed by atoms with Gasteiger partial charge in [-0.3, -0.25) is 0 Å². The molecule has 5 heteroatoms. The maximum absolute atomic E-state index is 14.0. The van der Waals surface area contributed by atoms with E-state index >= 15 is 0 Å². The number of rotatable bonds is 4. The normalized spacial score (nSPS) is 11.7. The van der Waals surface area contributed by atoms with E-state index in [9.17, 15) is 4.39 Å². The van der Waals surface area contributed by atoms with Gasteiger partial charge in [-0.25, -0.2) is 4.39 Å². The highest BCUT2D eigenvalue weighted by atomic mass is 32.2. The minimum absolute atomic E-state index is 0.0949. The Hall–Kier alpha value is -2.01. The number of halogens is 1. The van der Waals surface area contributed by atoms with Gasteiger partial charge in [0, 0.05) is 16.2 Å². The van der Waals surface area contributed by atoms with Crippen LogP contribution in [0.25, 0.3) is 0 Å². The fourth-order valence-electron chi connectivity index (χ4n) is 2.00. The molecule has 0 aliphatic rings. The van der Waals surface area contributed by atoms with Gasteiger partial charge in [0.1, 0.15) is 5.82 Å². The Kier molecular flexibility index (Phi) is 4.85. The first-order valence-corrected chi connectivity index (χ1v) is 7.46. The number of aryl methyl sites for hydroxylation is 2. The Morgan fingerprint density at radius 3 is 2.62 bits per heavy atom. The summed E-state index contributed by atoms with van der Waals surface area (Å²) >= 11 is 1.59. The van der Waals surface area contributed by atoms with Gasteiger partial charge in [-0.2, -0.15) is 0 Å². The van der Waals surface area contributed by atoms with E-state index in [0.29, 0.717) is 16.9 Å². The Balaban J connectivity index is 2.13. The van der Waals surface area contributed by atoms with Crippen LogP contribution in [0, 0.1) is 19.7 Å². The summed E-state index contributed by atoms with van der Waals surface area (Å²) in [6.07, 6.45) is 0. The van der Waals surface area contributed by atoms with Crippen LogP contribution in [0.3, 0.4) is 0 Å². The highest BCUT2D eigenvalue weighted by molar-refractivity contribution is 7.98. The first kappa shape index (κ1) is 15.4. The second kappa shape index (κ2) is 6.63. The van der Waals surface area contributed by atoms with Crippen molar-refractivity contribution in [1.82, 2.24) is 0 Å². The predicted molar refractivity (Wildman–Crippen MR) is 84.4 cm³/mol. The second-order valence-corrected chi connectivity index (χ2v) is 5.87. The summed E-state index contributed by atoms with van der Waals surface area (Å²) < 4.78 is 14.0. The molecule has 0 bridgehead atoms. The van der Waals surface area contributed by atoms with Crippen LogP contribution >= 0.6 is 11.8 Å². The molecule has 2 aromatic carbocycles. The van der Waals surface area contributed by atoms with E-state index < -0.39 is 0 Å². The molecule has 0 heterocycles. The summed E-state index contributed by atoms with van der Waals surface area (Å²) in [6.45, 7) is 4.10. The smallest absolute Gasteiger partial charge is 0.170 e. The highest BCUT2D eigenvalue weighted by Gasteiger charge is 2.08. The van der Waals surface area contributed by atoms with Crippen LogP contribution in [0.2, 0.25) is 0 Å². The fourth-order valence-corrected chi connectivity index (χ4v) is 2.99. The van der Waals surface area contributed by atoms with Crippen LogP contribution in [-0.2, 0) is 5.75 Å². The topological polar surface area (TPSA) is 58.6 Å². The molecule has 0 atom stereocenters. The zero-order chi connectivity index (χ0) is 15.4. The largest absolute Gasteiger partial charge is 0.409 e. The lowest BCUT2D eigenvalue weighted by Gasteiger charge is -2.08. The molecule has 3 N–H and O–H groups in total. The van der Waals surface area contributed by atoms with Gasteiger partial charge in [0.15, 0.2) is 5.84 Å². The lowest BCUT2D eigenvalue weighted by atomic mass is 10.1. The van der Waals surface area contributed by atoms with E-state index in [0.717, 1.165) is 4.90 Å². The van der Waals surface area contributed by atoms with Crippen molar-refractivity contribution in [3.05, 3.63) is 64.5 Å². The molecule has 0 saturated carbocycles. The number of nitrogens with zero attached hydrogens (tertiary/aromatic N) is 1. The maximum atomic E-state index is 14.0. The fraction of sp³-hybridized carbons (Fsp3) is 0.188. The molecule has 3 nitrogen and oxygen atoms in total. The molecule has 0 spiro atoms. The van der Waals surface area contributed by atoms with Crippen LogP contribution in [0.5, 0.6) is 0 Å². The maximum Gasteiger partial charge on any atom is 0.170 e. The van der Waals surface area contributed by atoms with Crippen molar-refractivity contribution in [3.63, 3.8) is 0 Å². The first-order valence-electron chi connectivity index (χ1n) is 6.47. The van der Waals surface area contributed by atoms with Gasteiger partial charge in [-0.1, -0.05) is 35.0 Å². The highest BCUT2D eigenvalue weighted by Crippen LogP contribution is 2.27. The number of thioether (sulfide) groups is 1. The molecule has 2 aromatic rings. The summed E-state index contributed by atoms with van der Waals surface area (Å²) in [7, 11) is 0. The van der Waals surface area contributed by atoms with Crippen molar-refractivity contribution in [2.24, 2.45) is 10.9 Å². The van der Waals surface area contributed by atoms with Crippen LogP contribution in [-0.4, -0.2) is 11.0 Å². The molecule has 0 amide bonds. The van der Waals surface area contributed by atoms with Crippen molar-refractivity contribution >= 4 is 17.6 Å². The molecule has 0 aliphatic heterocycles. The summed E-state index contributed by atoms with van der Waals surface area (Å²) in [5, 5.41) is 11.5. The first-order chi connectivity index (χ1) is 10.0. The van der Waals surface area contributed by atoms with Crippen molar-refractivity contribution < 1.29 is 9.60 Å². The van der Waals surface area contributed by atoms with E-state index in [1.54, 1.807) is 23.9 Å². The van der Waals surface area contributed by atoms with Crippen molar-refractivity contribution in [2.75, 3.05) is 0 Å². The molecule has 21 heavy (non-hydrogen) atoms. The Bertz CT molecular complexity index is 686. The summed E-state index contributed by atoms with van der Waals surface area (Å²) in [5.74, 6) is 0.0884. The van der Waals surface area contributed by atoms with Crippen LogP contribution in [0.4, 0.5) is 4.39 Å². The quantitative estimate of drug-likeness (QED) is 0.297. The minimum atomic E-state index is -0.351. The summed E-state index contributed by atoms with van der Waals surface area (Å²) in [6, 6.07) is 10.8. The molecule has 0 radical (unpaired) electrons. The Labute approximate surface area is 127 Å². The lowest BCUT2D eigenvalue weighted by Crippen LogP contribution is -2.13. The van der Waals surface area contributed by atoms with Crippen LogP contribution in [0.1, 0.15) is 22.3 Å². The van der Waals surface area contributed by atoms with E-state index in [1.165, 1.54) is 17.2 Å². The zero-order valence-corrected chi connectivity index (χ0v) is 12.7. The SMILES string of the molecule is Cc1ccc(SCc2ccc(/C(N)=N/O)cc2F)c(C)c1. The van der Waals surface area contributed by atoms with E-state index in [4.69, 9.17) is 10.9 Å². The van der Waals surface area contributed by atoms with Gasteiger partial charge in [-0.15, -0.1) is 11.8 Å². The molecule has 110 valence electrons. The van der Waals surface area contributed by atoms with Crippen LogP contribution in [0.15, 0.2) is 46.4 Å². The van der Waals surface area contributed by atoms with Gasteiger partial charge in [0.05, 0.1) is 0 Å². The van der Waals surface area contributed by atoms with Gasteiger partial charge in [0.25, 0.3) is 0 Å². The summed E-state index contributed by atoms with van der Waals surface area (Å²) in [4.78, 5) is 1.14. The third kappa shape index (κ3) is 3.76. The monoisotopic (exact) mass is 304 g/mol. The third-order valence-corrected chi connectivity index (χ3v) is 4.39. The number of hydrogen-bond donors (Lipinski definition) is 2. The number of amidine groups is 1. The molecule has 0 unspecified atom stereocenters. The minimum Gasteiger partial charge on any atom is -0.409 e. The van der Waals surface area contributed by atoms with E-state index in [-0.39, 0.29) is 11.7 Å². The summed E-state index contributed by atoms with van der Waals surface area (Å²) in [5.41, 5.74) is 8.81. The lowest BCUT2D eigenvalue weighted by molar-refractivity contribution is 0.318. The second-order valence-electron chi connectivity index (χ2n) is 4.85. The number of benzene rings is 2. The molecule has 0 fully saturated rings. The van der Waals surface area contributed by atoms with E-state index in [2.05, 4.69) is 17.3 Å². The van der Waals surface area contributed by atoms with Crippen molar-refractivity contribution in [3.8, 4) is 0 Å². The number of oxime groups is 1. The van der Waals surface area contributed by atoms with E-state index in [1.807, 2.05) is 19.9 Å². The number of hydrogen-bond acceptors (Lipinski definition) is 3. The van der Waals surface area contributed by atoms with Crippen molar-refractivity contribution in [1.29, 1.82) is 0 Å². The molecule has 2 rings (SSSR count). The predicted octanol–water partition coefficient (Wildman–Crippen LogP) is 3.83. The standard InChI is InChI=1S/C16H17FN2OS/c1-10-3-6-15(11(2)7-10)21-9-13-5-4-12(8-14(13)17)16(18)19-20/h3-8,20H,9H2,1-2H3,(H2,18,19). The average molecular weight is 304 g/mol. The molecular formula is C16H17FN2OS. The molecule has 0 aromatic heterocycles. The van der Waals surface area contributed by atoms with Crippen molar-refractivity contribution in [2.45, 2.75) is 24.5 Å². The zero-order valence-electron chi connectivity index (χ0n) is 11.9. The third-order valence-electron chi connectivity index (χ3n) is 3.17. The van der Waals surface area contributed by atoms with Gasteiger partial charge in [-0.05, 0) is 37.1 Å². The Morgan fingerprint density at radius 1 is 1.24 bits per heavy atom. The average Bonchev–Trinajstić information content (AvgIpc) is 2.46.